The summed E-state index contributed by atoms with van der Waals surface area (Å²) in [6.07, 6.45) is 2.41. The second-order valence-corrected chi connectivity index (χ2v) is 10.8. The normalized spacial score (nSPS) is 10.8. The van der Waals surface area contributed by atoms with E-state index in [4.69, 9.17) is 27.8 Å². The third kappa shape index (κ3) is 10.0. The van der Waals surface area contributed by atoms with Gasteiger partial charge in [0, 0.05) is 37.5 Å². The van der Waals surface area contributed by atoms with Crippen LogP contribution in [0.15, 0.2) is 35.6 Å². The molecule has 0 saturated carbocycles. The van der Waals surface area contributed by atoms with Gasteiger partial charge < -0.3 is 37.9 Å². The molecule has 11 N–H and O–H groups in total. The van der Waals surface area contributed by atoms with Gasteiger partial charge in [0.1, 0.15) is 10.6 Å². The van der Waals surface area contributed by atoms with E-state index in [2.05, 4.69) is 37.8 Å². The first-order valence-corrected chi connectivity index (χ1v) is 14.8. The summed E-state index contributed by atoms with van der Waals surface area (Å²) in [6, 6.07) is 7.09. The number of benzene rings is 1. The lowest BCUT2D eigenvalue weighted by molar-refractivity contribution is 0.0894. The van der Waals surface area contributed by atoms with Crippen molar-refractivity contribution in [2.24, 2.45) is 11.6 Å². The summed E-state index contributed by atoms with van der Waals surface area (Å²) in [6.45, 7) is 4.60. The monoisotopic (exact) mass is 603 g/mol. The van der Waals surface area contributed by atoms with Gasteiger partial charge in [-0.3, -0.25) is 14.6 Å². The van der Waals surface area contributed by atoms with Gasteiger partial charge in [-0.2, -0.15) is 0 Å². The summed E-state index contributed by atoms with van der Waals surface area (Å²) >= 11 is 2.64. The third-order valence-electron chi connectivity index (χ3n) is 5.43. The maximum Gasteiger partial charge on any atom is 0.263 e. The number of amides is 2. The van der Waals surface area contributed by atoms with Gasteiger partial charge >= 0.3 is 0 Å². The van der Waals surface area contributed by atoms with E-state index in [1.807, 2.05) is 12.1 Å². The van der Waals surface area contributed by atoms with Gasteiger partial charge in [-0.05, 0) is 24.1 Å². The highest BCUT2D eigenvalue weighted by molar-refractivity contribution is 7.99. The van der Waals surface area contributed by atoms with E-state index in [0.717, 1.165) is 29.1 Å². The molecule has 0 atom stereocenters. The van der Waals surface area contributed by atoms with Crippen LogP contribution in [0.5, 0.6) is 0 Å². The number of hydrogen-bond donors (Lipinski definition) is 7. The Balaban J connectivity index is 1.44. The molecule has 16 heteroatoms. The Bertz CT molecular complexity index is 1270. The van der Waals surface area contributed by atoms with E-state index in [1.165, 1.54) is 23.0 Å². The molecule has 2 aromatic heterocycles. The van der Waals surface area contributed by atoms with Crippen LogP contribution in [0.3, 0.4) is 0 Å². The number of thiazole rings is 1. The van der Waals surface area contributed by atoms with Gasteiger partial charge in [0.05, 0.1) is 26.0 Å². The Morgan fingerprint density at radius 1 is 1.05 bits per heavy atom. The van der Waals surface area contributed by atoms with Crippen molar-refractivity contribution in [3.8, 4) is 0 Å². The minimum atomic E-state index is -0.252. The fourth-order valence-electron chi connectivity index (χ4n) is 3.43. The number of ether oxygens (including phenoxy) is 1. The fraction of sp³-hybridized carbons (Fsp3) is 0.400. The molecule has 2 heterocycles. The maximum absolute atomic E-state index is 12.5. The Morgan fingerprint density at radius 3 is 2.39 bits per heavy atom. The molecule has 0 fully saturated rings. The summed E-state index contributed by atoms with van der Waals surface area (Å²) < 4.78 is 5.47. The molecular weight excluding hydrogens is 566 g/mol. The molecule has 0 unspecified atom stereocenters. The summed E-state index contributed by atoms with van der Waals surface area (Å²) in [5, 5.41) is 11.0. The standard InChI is InChI=1S/C25H37N11O3S2/c1-2-13-40-25-34-20(30-8-7-26)19(27)21(35-25)36(29)15-16-3-5-17(6-4-16)22(37)31-9-11-39-12-10-32-23(38)18-14-33-24(28)41-18/h3-6,14H,2,7-13,15,26-27,29H2,1H3,(H2,28,33)(H,31,37)(H,32,38)(H,30,34,35). The first kappa shape index (κ1) is 31.8. The summed E-state index contributed by atoms with van der Waals surface area (Å²) in [5.74, 6) is 7.65. The van der Waals surface area contributed by atoms with Crippen molar-refractivity contribution in [3.63, 3.8) is 0 Å². The molecule has 3 rings (SSSR count). The first-order valence-electron chi connectivity index (χ1n) is 13.0. The SMILES string of the molecule is CCCSc1nc(NCCN)c(N)c(N(N)Cc2ccc(C(=O)NCCOCCNC(=O)c3cnc(N)s3)cc2)n1. The minimum absolute atomic E-state index is 0.228. The number of hydrazine groups is 1. The molecular formula is C25H37N11O3S2. The second kappa shape index (κ2) is 16.5. The van der Waals surface area contributed by atoms with E-state index in [-0.39, 0.29) is 11.8 Å². The number of hydrogen-bond acceptors (Lipinski definition) is 14. The van der Waals surface area contributed by atoms with Gasteiger partial charge in [0.15, 0.2) is 21.9 Å². The largest absolute Gasteiger partial charge is 0.393 e. The zero-order chi connectivity index (χ0) is 29.6. The Kier molecular flexibility index (Phi) is 12.8. The number of carbonyl (C=O) groups is 2. The van der Waals surface area contributed by atoms with Crippen molar-refractivity contribution in [2.45, 2.75) is 25.0 Å². The van der Waals surface area contributed by atoms with Crippen LogP contribution in [0, 0.1) is 0 Å². The van der Waals surface area contributed by atoms with Gasteiger partial charge in [0.2, 0.25) is 0 Å². The lowest BCUT2D eigenvalue weighted by Crippen LogP contribution is -2.32. The number of thioether (sulfide) groups is 1. The van der Waals surface area contributed by atoms with Crippen LogP contribution in [0.2, 0.25) is 0 Å². The number of aromatic nitrogens is 3. The van der Waals surface area contributed by atoms with Crippen LogP contribution in [-0.2, 0) is 11.3 Å². The maximum atomic E-state index is 12.5. The fourth-order valence-corrected chi connectivity index (χ4v) is 4.72. The van der Waals surface area contributed by atoms with Crippen molar-refractivity contribution in [2.75, 3.05) is 66.9 Å². The molecule has 0 aliphatic carbocycles. The molecule has 2 amide bonds. The van der Waals surface area contributed by atoms with Gasteiger partial charge in [0.25, 0.3) is 11.8 Å². The predicted molar refractivity (Wildman–Crippen MR) is 164 cm³/mol. The Labute approximate surface area is 247 Å². The van der Waals surface area contributed by atoms with E-state index in [1.54, 1.807) is 12.1 Å². The average molecular weight is 604 g/mol. The van der Waals surface area contributed by atoms with E-state index >= 15 is 0 Å². The molecule has 0 spiro atoms. The Hall–Kier alpha value is -3.70. The molecule has 1 aromatic carbocycles. The highest BCUT2D eigenvalue weighted by atomic mass is 32.2. The minimum Gasteiger partial charge on any atom is -0.393 e. The zero-order valence-electron chi connectivity index (χ0n) is 22.9. The molecule has 0 saturated heterocycles. The van der Waals surface area contributed by atoms with Crippen molar-refractivity contribution in [1.82, 2.24) is 25.6 Å². The quantitative estimate of drug-likeness (QED) is 0.0377. The number of nitrogens with one attached hydrogen (secondary N) is 3. The highest BCUT2D eigenvalue weighted by Gasteiger charge is 2.17. The first-order chi connectivity index (χ1) is 19.8. The predicted octanol–water partition coefficient (Wildman–Crippen LogP) is 1.03. The number of nitrogen functional groups attached to an aromatic ring is 2. The van der Waals surface area contributed by atoms with Crippen LogP contribution in [0.1, 0.15) is 38.9 Å². The van der Waals surface area contributed by atoms with E-state index in [9.17, 15) is 9.59 Å². The van der Waals surface area contributed by atoms with Gasteiger partial charge in [-0.1, -0.05) is 42.2 Å². The average Bonchev–Trinajstić information content (AvgIpc) is 3.41. The molecule has 41 heavy (non-hydrogen) atoms. The van der Waals surface area contributed by atoms with Crippen LogP contribution < -0.4 is 44.0 Å². The molecule has 0 aliphatic heterocycles. The number of carbonyl (C=O) groups excluding carboxylic acids is 2. The second-order valence-electron chi connectivity index (χ2n) is 8.67. The lowest BCUT2D eigenvalue weighted by Gasteiger charge is -2.21. The van der Waals surface area contributed by atoms with Crippen molar-refractivity contribution < 1.29 is 14.3 Å². The smallest absolute Gasteiger partial charge is 0.263 e. The molecule has 14 nitrogen and oxygen atoms in total. The number of anilines is 4. The summed E-state index contributed by atoms with van der Waals surface area (Å²) in [4.78, 5) is 37.8. The number of nitrogens with two attached hydrogens (primary N) is 4. The highest BCUT2D eigenvalue weighted by Crippen LogP contribution is 2.30. The molecule has 3 aromatic rings. The molecule has 0 bridgehead atoms. The summed E-state index contributed by atoms with van der Waals surface area (Å²) in [7, 11) is 0. The van der Waals surface area contributed by atoms with Gasteiger partial charge in [-0.15, -0.1) is 0 Å². The third-order valence-corrected chi connectivity index (χ3v) is 7.31. The molecule has 222 valence electrons. The van der Waals surface area contributed by atoms with E-state index < -0.39 is 0 Å². The topological polar surface area (TPSA) is 225 Å². The van der Waals surface area contributed by atoms with Crippen molar-refractivity contribution in [1.29, 1.82) is 0 Å². The Morgan fingerprint density at radius 2 is 1.76 bits per heavy atom. The van der Waals surface area contributed by atoms with Crippen molar-refractivity contribution in [3.05, 3.63) is 46.5 Å². The molecule has 0 radical (unpaired) electrons. The van der Waals surface area contributed by atoms with E-state index in [0.29, 0.717) is 84.0 Å². The van der Waals surface area contributed by atoms with Gasteiger partial charge in [-0.25, -0.2) is 20.8 Å². The number of rotatable bonds is 17. The van der Waals surface area contributed by atoms with Crippen molar-refractivity contribution >= 4 is 57.4 Å². The number of nitrogens with zero attached hydrogens (tertiary/aromatic N) is 4. The molecule has 0 aliphatic rings. The van der Waals surface area contributed by atoms with Crippen LogP contribution in [-0.4, -0.2) is 71.9 Å². The van der Waals surface area contributed by atoms with Crippen LogP contribution in [0.4, 0.5) is 22.5 Å². The summed E-state index contributed by atoms with van der Waals surface area (Å²) in [5.41, 5.74) is 19.2. The lowest BCUT2D eigenvalue weighted by atomic mass is 10.1. The van der Waals surface area contributed by atoms with Crippen LogP contribution >= 0.6 is 23.1 Å². The zero-order valence-corrected chi connectivity index (χ0v) is 24.5. The van der Waals surface area contributed by atoms with Crippen LogP contribution in [0.25, 0.3) is 0 Å².